The van der Waals surface area contributed by atoms with Crippen molar-refractivity contribution < 1.29 is 4.79 Å². The number of hydrogen-bond acceptors (Lipinski definition) is 3. The van der Waals surface area contributed by atoms with Crippen LogP contribution in [-0.2, 0) is 24.2 Å². The maximum Gasteiger partial charge on any atom is 0.246 e. The maximum atomic E-state index is 12.1. The average molecular weight is 393 g/mol. The Bertz CT molecular complexity index is 894. The first-order valence-corrected chi connectivity index (χ1v) is 10.7. The molecule has 0 N–H and O–H groups in total. The van der Waals surface area contributed by atoms with Gasteiger partial charge in [0, 0.05) is 40.0 Å². The van der Waals surface area contributed by atoms with Crippen LogP contribution in [0, 0.1) is 6.92 Å². The zero-order valence-electron chi connectivity index (χ0n) is 16.7. The quantitative estimate of drug-likeness (QED) is 0.469. The molecule has 4 heteroatoms. The van der Waals surface area contributed by atoms with E-state index in [9.17, 15) is 4.79 Å². The summed E-state index contributed by atoms with van der Waals surface area (Å²) < 4.78 is 0. The molecule has 3 rings (SSSR count). The normalized spacial score (nSPS) is 16.6. The number of rotatable bonds is 7. The summed E-state index contributed by atoms with van der Waals surface area (Å²) in [6.07, 6.45) is 12.8. The highest BCUT2D eigenvalue weighted by Crippen LogP contribution is 2.37. The third-order valence-electron chi connectivity index (χ3n) is 5.02. The van der Waals surface area contributed by atoms with Crippen molar-refractivity contribution in [2.75, 3.05) is 6.54 Å². The van der Waals surface area contributed by atoms with Crippen LogP contribution in [0.25, 0.3) is 0 Å². The molecule has 3 heterocycles. The molecule has 0 spiro atoms. The Morgan fingerprint density at radius 3 is 2.93 bits per heavy atom. The van der Waals surface area contributed by atoms with Crippen LogP contribution in [0.3, 0.4) is 0 Å². The van der Waals surface area contributed by atoms with Crippen LogP contribution in [0.5, 0.6) is 0 Å². The first-order valence-electron chi connectivity index (χ1n) is 9.87. The highest BCUT2D eigenvalue weighted by Gasteiger charge is 2.28. The lowest BCUT2D eigenvalue weighted by atomic mass is 9.91. The third kappa shape index (κ3) is 5.08. The van der Waals surface area contributed by atoms with E-state index in [1.54, 1.807) is 0 Å². The van der Waals surface area contributed by atoms with Gasteiger partial charge in [0.2, 0.25) is 5.91 Å². The van der Waals surface area contributed by atoms with Gasteiger partial charge >= 0.3 is 0 Å². The van der Waals surface area contributed by atoms with Crippen LogP contribution in [-0.4, -0.2) is 22.3 Å². The summed E-state index contributed by atoms with van der Waals surface area (Å²) in [5.74, 6) is 0.379. The van der Waals surface area contributed by atoms with Crippen molar-refractivity contribution in [3.05, 3.63) is 87.9 Å². The van der Waals surface area contributed by atoms with Crippen LogP contribution in [0.1, 0.15) is 46.0 Å². The van der Waals surface area contributed by atoms with Gasteiger partial charge in [-0.1, -0.05) is 43.9 Å². The summed E-state index contributed by atoms with van der Waals surface area (Å²) in [4.78, 5) is 21.3. The van der Waals surface area contributed by atoms with E-state index in [1.807, 2.05) is 35.3 Å². The minimum atomic E-state index is 0.0247. The number of amides is 1. The third-order valence-corrected chi connectivity index (χ3v) is 6.30. The molecule has 0 radical (unpaired) electrons. The molecule has 1 amide bonds. The molecule has 1 atom stereocenters. The highest BCUT2D eigenvalue weighted by molar-refractivity contribution is 7.12. The number of fused-ring (bicyclic) bond motifs is 1. The van der Waals surface area contributed by atoms with E-state index in [0.29, 0.717) is 12.5 Å². The van der Waals surface area contributed by atoms with Crippen LogP contribution in [0.4, 0.5) is 0 Å². The Labute approximate surface area is 172 Å². The van der Waals surface area contributed by atoms with Gasteiger partial charge in [-0.05, 0) is 49.6 Å². The van der Waals surface area contributed by atoms with Crippen molar-refractivity contribution in [1.82, 2.24) is 9.88 Å². The number of carbonyl (C=O) groups excluding carboxylic acids is 1. The zero-order valence-corrected chi connectivity index (χ0v) is 17.5. The number of aryl methyl sites for hydroxylation is 2. The van der Waals surface area contributed by atoms with E-state index in [4.69, 9.17) is 0 Å². The van der Waals surface area contributed by atoms with Gasteiger partial charge in [0.15, 0.2) is 0 Å². The lowest BCUT2D eigenvalue weighted by Crippen LogP contribution is -2.36. The van der Waals surface area contributed by atoms with E-state index < -0.39 is 0 Å². The second kappa shape index (κ2) is 9.65. The fraction of sp³-hybridized carbons (Fsp3) is 0.333. The molecule has 0 bridgehead atoms. The highest BCUT2D eigenvalue weighted by atomic mass is 32.1. The SMILES string of the molecule is C=CC(=O)N1Cc2sc(CC)cc2[C@@H](C/C=C\C=C/Cc2cccc(C)n2)C1. The Morgan fingerprint density at radius 2 is 2.18 bits per heavy atom. The molecule has 28 heavy (non-hydrogen) atoms. The standard InChI is InChI=1S/C24H28N2OS/c1-4-21-15-22-19(16-26(24(27)5-2)17-23(22)28-21)12-8-6-7-9-13-20-14-10-11-18(3)25-20/h5-11,14-15,19H,2,4,12-13,16-17H2,1,3H3/b8-6-,9-7-/t19-/m0/s1. The molecule has 0 aromatic carbocycles. The lowest BCUT2D eigenvalue weighted by Gasteiger charge is -2.31. The topological polar surface area (TPSA) is 33.2 Å². The summed E-state index contributed by atoms with van der Waals surface area (Å²) in [5.41, 5.74) is 3.56. The molecule has 0 aliphatic carbocycles. The predicted octanol–water partition coefficient (Wildman–Crippen LogP) is 5.37. The van der Waals surface area contributed by atoms with Crippen LogP contribution in [0.2, 0.25) is 0 Å². The van der Waals surface area contributed by atoms with Gasteiger partial charge in [-0.2, -0.15) is 0 Å². The van der Waals surface area contributed by atoms with E-state index in [2.05, 4.69) is 54.9 Å². The van der Waals surface area contributed by atoms with Gasteiger partial charge in [-0.15, -0.1) is 11.3 Å². The number of allylic oxidation sites excluding steroid dienone is 4. The average Bonchev–Trinajstić information content (AvgIpc) is 3.13. The van der Waals surface area contributed by atoms with Gasteiger partial charge in [0.1, 0.15) is 0 Å². The molecule has 146 valence electrons. The Morgan fingerprint density at radius 1 is 1.36 bits per heavy atom. The molecule has 0 saturated heterocycles. The minimum absolute atomic E-state index is 0.0247. The summed E-state index contributed by atoms with van der Waals surface area (Å²) in [5, 5.41) is 0. The van der Waals surface area contributed by atoms with Crippen LogP contribution < -0.4 is 0 Å². The minimum Gasteiger partial charge on any atom is -0.333 e. The number of thiophene rings is 1. The molecule has 1 aliphatic heterocycles. The Kier molecular flexibility index (Phi) is 6.99. The summed E-state index contributed by atoms with van der Waals surface area (Å²) in [6.45, 7) is 9.33. The van der Waals surface area contributed by atoms with Gasteiger partial charge in [0.05, 0.1) is 6.54 Å². The predicted molar refractivity (Wildman–Crippen MR) is 118 cm³/mol. The second-order valence-corrected chi connectivity index (χ2v) is 8.35. The number of nitrogens with zero attached hydrogens (tertiary/aromatic N) is 2. The smallest absolute Gasteiger partial charge is 0.246 e. The molecule has 1 aliphatic rings. The maximum absolute atomic E-state index is 12.1. The first-order chi connectivity index (χ1) is 13.6. The van der Waals surface area contributed by atoms with Crippen molar-refractivity contribution in [3.8, 4) is 0 Å². The van der Waals surface area contributed by atoms with Gasteiger partial charge in [-0.25, -0.2) is 0 Å². The largest absolute Gasteiger partial charge is 0.333 e. The van der Waals surface area contributed by atoms with Crippen molar-refractivity contribution in [1.29, 1.82) is 0 Å². The molecule has 0 unspecified atom stereocenters. The molecule has 0 saturated carbocycles. The second-order valence-electron chi connectivity index (χ2n) is 7.13. The van der Waals surface area contributed by atoms with E-state index >= 15 is 0 Å². The monoisotopic (exact) mass is 392 g/mol. The van der Waals surface area contributed by atoms with E-state index in [0.717, 1.165) is 37.2 Å². The van der Waals surface area contributed by atoms with E-state index in [1.165, 1.54) is 21.4 Å². The van der Waals surface area contributed by atoms with Crippen molar-refractivity contribution >= 4 is 17.2 Å². The van der Waals surface area contributed by atoms with Crippen molar-refractivity contribution in [3.63, 3.8) is 0 Å². The van der Waals surface area contributed by atoms with E-state index in [-0.39, 0.29) is 5.91 Å². The summed E-state index contributed by atoms with van der Waals surface area (Å²) in [7, 11) is 0. The van der Waals surface area contributed by atoms with Crippen molar-refractivity contribution in [2.24, 2.45) is 0 Å². The zero-order chi connectivity index (χ0) is 19.9. The fourth-order valence-electron chi connectivity index (χ4n) is 3.55. The molecule has 2 aromatic rings. The molecular weight excluding hydrogens is 364 g/mol. The molecule has 2 aromatic heterocycles. The van der Waals surface area contributed by atoms with Crippen LogP contribution in [0.15, 0.2) is 61.2 Å². The van der Waals surface area contributed by atoms with Gasteiger partial charge in [-0.3, -0.25) is 9.78 Å². The molecular formula is C24H28N2OS. The number of hydrogen-bond donors (Lipinski definition) is 0. The Hall–Kier alpha value is -2.46. The van der Waals surface area contributed by atoms with Crippen LogP contribution >= 0.6 is 11.3 Å². The molecule has 3 nitrogen and oxygen atoms in total. The number of carbonyl (C=O) groups is 1. The fourth-order valence-corrected chi connectivity index (χ4v) is 4.76. The summed E-state index contributed by atoms with van der Waals surface area (Å²) >= 11 is 1.84. The van der Waals surface area contributed by atoms with Crippen molar-refractivity contribution in [2.45, 2.75) is 45.6 Å². The van der Waals surface area contributed by atoms with Gasteiger partial charge in [0.25, 0.3) is 0 Å². The van der Waals surface area contributed by atoms with Gasteiger partial charge < -0.3 is 4.90 Å². The Balaban J connectivity index is 1.62. The first kappa shape index (κ1) is 20.3. The number of aromatic nitrogens is 1. The number of pyridine rings is 1. The molecule has 0 fully saturated rings. The lowest BCUT2D eigenvalue weighted by molar-refractivity contribution is -0.127. The summed E-state index contributed by atoms with van der Waals surface area (Å²) in [6, 6.07) is 8.45.